The first-order chi connectivity index (χ1) is 9.72. The van der Waals surface area contributed by atoms with E-state index in [1.54, 1.807) is 18.0 Å². The number of benzene rings is 1. The summed E-state index contributed by atoms with van der Waals surface area (Å²) >= 11 is 1.74. The lowest BCUT2D eigenvalue weighted by Gasteiger charge is -2.05. The van der Waals surface area contributed by atoms with Crippen molar-refractivity contribution in [2.45, 2.75) is 10.6 Å². The third-order valence-corrected chi connectivity index (χ3v) is 3.89. The third-order valence-electron chi connectivity index (χ3n) is 2.80. The minimum atomic E-state index is 0.147. The zero-order valence-electron chi connectivity index (χ0n) is 10.7. The number of pyridine rings is 1. The molecule has 0 saturated heterocycles. The van der Waals surface area contributed by atoms with Gasteiger partial charge in [0.15, 0.2) is 5.65 Å². The van der Waals surface area contributed by atoms with Crippen LogP contribution in [0.3, 0.4) is 0 Å². The Labute approximate surface area is 120 Å². The summed E-state index contributed by atoms with van der Waals surface area (Å²) in [6.07, 6.45) is 1.80. The molecule has 5 nitrogen and oxygen atoms in total. The molecule has 4 N–H and O–H groups in total. The summed E-state index contributed by atoms with van der Waals surface area (Å²) < 4.78 is 0. The van der Waals surface area contributed by atoms with Crippen molar-refractivity contribution < 1.29 is 0 Å². The van der Waals surface area contributed by atoms with Crippen LogP contribution in [-0.2, 0) is 5.75 Å². The number of nitrogens with zero attached hydrogens (tertiary/aromatic N) is 3. The van der Waals surface area contributed by atoms with Crippen LogP contribution in [0, 0.1) is 0 Å². The summed E-state index contributed by atoms with van der Waals surface area (Å²) in [5, 5.41) is 0.741. The number of fused-ring (bicyclic) bond motifs is 1. The van der Waals surface area contributed by atoms with Crippen molar-refractivity contribution in [2.24, 2.45) is 0 Å². The molecule has 20 heavy (non-hydrogen) atoms. The molecule has 2 heterocycles. The largest absolute Gasteiger partial charge is 0.383 e. The fourth-order valence-electron chi connectivity index (χ4n) is 1.86. The molecule has 1 aromatic carbocycles. The first kappa shape index (κ1) is 12.7. The quantitative estimate of drug-likeness (QED) is 0.718. The highest BCUT2D eigenvalue weighted by molar-refractivity contribution is 7.98. The van der Waals surface area contributed by atoms with Gasteiger partial charge in [0, 0.05) is 16.8 Å². The maximum absolute atomic E-state index is 5.86. The number of hydrogen-bond donors (Lipinski definition) is 2. The van der Waals surface area contributed by atoms with Gasteiger partial charge < -0.3 is 11.5 Å². The highest BCUT2D eigenvalue weighted by Crippen LogP contribution is 2.24. The second kappa shape index (κ2) is 5.34. The first-order valence-corrected chi connectivity index (χ1v) is 7.06. The fourth-order valence-corrected chi connectivity index (χ4v) is 2.70. The molecule has 3 aromatic rings. The lowest BCUT2D eigenvalue weighted by molar-refractivity contribution is 1.19. The van der Waals surface area contributed by atoms with Gasteiger partial charge in [0.1, 0.15) is 5.82 Å². The van der Waals surface area contributed by atoms with Crippen molar-refractivity contribution in [3.63, 3.8) is 0 Å². The van der Waals surface area contributed by atoms with Crippen LogP contribution in [0.1, 0.15) is 5.56 Å². The predicted octanol–water partition coefficient (Wildman–Crippen LogP) is 2.48. The molecule has 2 aromatic heterocycles. The van der Waals surface area contributed by atoms with Crippen LogP contribution in [0.5, 0.6) is 0 Å². The van der Waals surface area contributed by atoms with E-state index in [1.165, 1.54) is 4.90 Å². The van der Waals surface area contributed by atoms with E-state index in [4.69, 9.17) is 11.5 Å². The van der Waals surface area contributed by atoms with Crippen molar-refractivity contribution in [1.29, 1.82) is 0 Å². The maximum Gasteiger partial charge on any atom is 0.224 e. The number of aromatic nitrogens is 3. The Balaban J connectivity index is 1.86. The van der Waals surface area contributed by atoms with Crippen LogP contribution in [0.15, 0.2) is 47.5 Å². The van der Waals surface area contributed by atoms with Gasteiger partial charge in [0.2, 0.25) is 5.95 Å². The molecular weight excluding hydrogens is 270 g/mol. The van der Waals surface area contributed by atoms with Gasteiger partial charge in [-0.25, -0.2) is 4.98 Å². The number of nitrogens with two attached hydrogens (primary N) is 2. The highest BCUT2D eigenvalue weighted by Gasteiger charge is 2.06. The summed E-state index contributed by atoms with van der Waals surface area (Å²) in [4.78, 5) is 13.5. The zero-order valence-corrected chi connectivity index (χ0v) is 11.5. The number of nitrogen functional groups attached to an aromatic ring is 2. The number of rotatable bonds is 3. The van der Waals surface area contributed by atoms with Gasteiger partial charge >= 0.3 is 0 Å². The molecule has 0 fully saturated rings. The SMILES string of the molecule is Nc1nc(N)c2cc(CSc3ccccc3)cnc2n1. The number of thioether (sulfide) groups is 1. The van der Waals surface area contributed by atoms with E-state index < -0.39 is 0 Å². The summed E-state index contributed by atoms with van der Waals surface area (Å²) in [5.41, 5.74) is 13.0. The smallest absolute Gasteiger partial charge is 0.224 e. The fraction of sp³-hybridized carbons (Fsp3) is 0.0714. The molecule has 0 saturated carbocycles. The zero-order chi connectivity index (χ0) is 13.9. The van der Waals surface area contributed by atoms with E-state index in [0.717, 1.165) is 16.7 Å². The van der Waals surface area contributed by atoms with Crippen LogP contribution >= 0.6 is 11.8 Å². The molecule has 0 bridgehead atoms. The van der Waals surface area contributed by atoms with Crippen LogP contribution in [-0.4, -0.2) is 15.0 Å². The van der Waals surface area contributed by atoms with Crippen LogP contribution < -0.4 is 11.5 Å². The summed E-state index contributed by atoms with van der Waals surface area (Å²) in [6.45, 7) is 0. The Morgan fingerprint density at radius 2 is 1.85 bits per heavy atom. The Morgan fingerprint density at radius 1 is 1.05 bits per heavy atom. The van der Waals surface area contributed by atoms with Crippen molar-refractivity contribution in [3.8, 4) is 0 Å². The number of anilines is 2. The van der Waals surface area contributed by atoms with Gasteiger partial charge in [-0.3, -0.25) is 0 Å². The minimum absolute atomic E-state index is 0.147. The molecule has 0 aliphatic rings. The van der Waals surface area contributed by atoms with Crippen molar-refractivity contribution in [3.05, 3.63) is 48.2 Å². The van der Waals surface area contributed by atoms with E-state index >= 15 is 0 Å². The van der Waals surface area contributed by atoms with Gasteiger partial charge in [0.25, 0.3) is 0 Å². The van der Waals surface area contributed by atoms with E-state index in [-0.39, 0.29) is 5.95 Å². The van der Waals surface area contributed by atoms with Gasteiger partial charge in [-0.15, -0.1) is 11.8 Å². The van der Waals surface area contributed by atoms with Crippen LogP contribution in [0.4, 0.5) is 11.8 Å². The molecule has 0 radical (unpaired) electrons. The molecule has 100 valence electrons. The second-order valence-electron chi connectivity index (χ2n) is 4.28. The highest BCUT2D eigenvalue weighted by atomic mass is 32.2. The summed E-state index contributed by atoms with van der Waals surface area (Å²) in [7, 11) is 0. The van der Waals surface area contributed by atoms with E-state index in [0.29, 0.717) is 11.5 Å². The van der Waals surface area contributed by atoms with Gasteiger partial charge in [-0.2, -0.15) is 9.97 Å². The van der Waals surface area contributed by atoms with Crippen LogP contribution in [0.2, 0.25) is 0 Å². The average Bonchev–Trinajstić information content (AvgIpc) is 2.46. The molecule has 0 aliphatic heterocycles. The third kappa shape index (κ3) is 2.65. The van der Waals surface area contributed by atoms with Crippen molar-refractivity contribution in [2.75, 3.05) is 11.5 Å². The van der Waals surface area contributed by atoms with Gasteiger partial charge in [-0.1, -0.05) is 18.2 Å². The van der Waals surface area contributed by atoms with E-state index in [1.807, 2.05) is 24.3 Å². The Bertz CT molecular complexity index is 745. The molecule has 0 atom stereocenters. The molecule has 0 amide bonds. The Kier molecular flexibility index (Phi) is 3.39. The Hall–Kier alpha value is -2.34. The van der Waals surface area contributed by atoms with E-state index in [9.17, 15) is 0 Å². The molecular formula is C14H13N5S. The van der Waals surface area contributed by atoms with Crippen molar-refractivity contribution >= 4 is 34.6 Å². The minimum Gasteiger partial charge on any atom is -0.383 e. The molecule has 0 spiro atoms. The topological polar surface area (TPSA) is 90.7 Å². The molecule has 0 unspecified atom stereocenters. The maximum atomic E-state index is 5.86. The average molecular weight is 283 g/mol. The summed E-state index contributed by atoms with van der Waals surface area (Å²) in [6, 6.07) is 12.2. The van der Waals surface area contributed by atoms with Gasteiger partial charge in [-0.05, 0) is 23.8 Å². The lowest BCUT2D eigenvalue weighted by atomic mass is 10.2. The van der Waals surface area contributed by atoms with E-state index in [2.05, 4.69) is 27.1 Å². The Morgan fingerprint density at radius 3 is 2.65 bits per heavy atom. The summed E-state index contributed by atoms with van der Waals surface area (Å²) in [5.74, 6) is 1.33. The van der Waals surface area contributed by atoms with Crippen LogP contribution in [0.25, 0.3) is 11.0 Å². The lowest BCUT2D eigenvalue weighted by Crippen LogP contribution is -2.02. The molecule has 3 rings (SSSR count). The normalized spacial score (nSPS) is 10.8. The predicted molar refractivity (Wildman–Crippen MR) is 82.2 cm³/mol. The number of hydrogen-bond acceptors (Lipinski definition) is 6. The first-order valence-electron chi connectivity index (χ1n) is 6.08. The van der Waals surface area contributed by atoms with Crippen molar-refractivity contribution in [1.82, 2.24) is 15.0 Å². The molecule has 0 aliphatic carbocycles. The standard InChI is InChI=1S/C14H13N5S/c15-12-11-6-9(7-17-13(11)19-14(16)18-12)8-20-10-4-2-1-3-5-10/h1-7H,8H2,(H4,15,16,17,18,19). The van der Waals surface area contributed by atoms with Gasteiger partial charge in [0.05, 0.1) is 5.39 Å². The second-order valence-corrected chi connectivity index (χ2v) is 5.33. The monoisotopic (exact) mass is 283 g/mol. The molecule has 6 heteroatoms.